The molecular formula is C14H20N2O4S2. The van der Waals surface area contributed by atoms with E-state index in [2.05, 4.69) is 0 Å². The Balaban J connectivity index is 2.66. The van der Waals surface area contributed by atoms with Gasteiger partial charge in [-0.25, -0.2) is 21.1 Å². The molecule has 0 atom stereocenters. The lowest BCUT2D eigenvalue weighted by Gasteiger charge is -2.28. The van der Waals surface area contributed by atoms with Crippen molar-refractivity contribution in [3.63, 3.8) is 0 Å². The van der Waals surface area contributed by atoms with Crippen molar-refractivity contribution in [1.29, 1.82) is 0 Å². The molecule has 2 rings (SSSR count). The van der Waals surface area contributed by atoms with E-state index in [0.29, 0.717) is 18.8 Å². The first-order chi connectivity index (χ1) is 10.1. The number of rotatable bonds is 4. The lowest BCUT2D eigenvalue weighted by atomic mass is 10.2. The third kappa shape index (κ3) is 3.34. The van der Waals surface area contributed by atoms with Crippen LogP contribution in [0.4, 0.5) is 5.69 Å². The van der Waals surface area contributed by atoms with Gasteiger partial charge in [-0.3, -0.25) is 0 Å². The number of hydrogen-bond donors (Lipinski definition) is 0. The number of benzene rings is 1. The molecule has 0 N–H and O–H groups in total. The minimum absolute atomic E-state index is 0.00391. The Bertz CT molecular complexity index is 796. The van der Waals surface area contributed by atoms with Crippen LogP contribution in [0.1, 0.15) is 6.42 Å². The van der Waals surface area contributed by atoms with E-state index in [1.54, 1.807) is 6.07 Å². The van der Waals surface area contributed by atoms with Crippen molar-refractivity contribution in [1.82, 2.24) is 4.31 Å². The van der Waals surface area contributed by atoms with E-state index < -0.39 is 19.9 Å². The van der Waals surface area contributed by atoms with Crippen LogP contribution in [0.5, 0.6) is 0 Å². The highest BCUT2D eigenvalue weighted by Crippen LogP contribution is 2.30. The summed E-state index contributed by atoms with van der Waals surface area (Å²) in [6, 6.07) is 4.28. The fraction of sp³-hybridized carbons (Fsp3) is 0.429. The highest BCUT2D eigenvalue weighted by atomic mass is 32.2. The number of hydrogen-bond acceptors (Lipinski definition) is 5. The third-order valence-corrected chi connectivity index (χ3v) is 6.47. The molecule has 22 heavy (non-hydrogen) atoms. The van der Waals surface area contributed by atoms with Gasteiger partial charge in [-0.1, -0.05) is 12.2 Å². The van der Waals surface area contributed by atoms with E-state index in [4.69, 9.17) is 0 Å². The molecule has 6 nitrogen and oxygen atoms in total. The van der Waals surface area contributed by atoms with Gasteiger partial charge in [0.2, 0.25) is 10.0 Å². The van der Waals surface area contributed by atoms with E-state index in [0.717, 1.165) is 17.0 Å². The first kappa shape index (κ1) is 17.0. The van der Waals surface area contributed by atoms with Gasteiger partial charge in [0.15, 0.2) is 9.84 Å². The van der Waals surface area contributed by atoms with Crippen molar-refractivity contribution in [2.75, 3.05) is 38.3 Å². The van der Waals surface area contributed by atoms with Gasteiger partial charge in [-0.15, -0.1) is 0 Å². The summed E-state index contributed by atoms with van der Waals surface area (Å²) >= 11 is 0. The van der Waals surface area contributed by atoms with Gasteiger partial charge >= 0.3 is 0 Å². The Morgan fingerprint density at radius 3 is 2.27 bits per heavy atom. The molecular weight excluding hydrogens is 324 g/mol. The molecule has 0 spiro atoms. The average Bonchev–Trinajstić information content (AvgIpc) is 2.46. The lowest BCUT2D eigenvalue weighted by Crippen LogP contribution is -2.30. The van der Waals surface area contributed by atoms with Gasteiger partial charge in [0, 0.05) is 33.4 Å². The van der Waals surface area contributed by atoms with Gasteiger partial charge in [0.1, 0.15) is 4.90 Å². The van der Waals surface area contributed by atoms with Crippen LogP contribution in [0.25, 0.3) is 0 Å². The molecule has 1 aromatic rings. The molecule has 0 bridgehead atoms. The second kappa shape index (κ2) is 6.02. The molecule has 0 radical (unpaired) electrons. The quantitative estimate of drug-likeness (QED) is 0.765. The fourth-order valence-electron chi connectivity index (χ4n) is 2.25. The molecule has 0 fully saturated rings. The summed E-state index contributed by atoms with van der Waals surface area (Å²) in [5.74, 6) is 0. The van der Waals surface area contributed by atoms with Crippen molar-refractivity contribution in [2.24, 2.45) is 0 Å². The highest BCUT2D eigenvalue weighted by molar-refractivity contribution is 7.91. The Hall–Kier alpha value is -1.38. The predicted octanol–water partition coefficient (Wildman–Crippen LogP) is 1.11. The minimum atomic E-state index is -3.74. The maximum Gasteiger partial charge on any atom is 0.244 e. The van der Waals surface area contributed by atoms with Crippen LogP contribution in [0.3, 0.4) is 0 Å². The zero-order valence-corrected chi connectivity index (χ0v) is 14.5. The van der Waals surface area contributed by atoms with Crippen LogP contribution < -0.4 is 4.90 Å². The van der Waals surface area contributed by atoms with Gasteiger partial charge in [-0.2, -0.15) is 0 Å². The smallest absolute Gasteiger partial charge is 0.244 e. The Morgan fingerprint density at radius 2 is 1.77 bits per heavy atom. The normalized spacial score (nSPS) is 16.3. The molecule has 0 saturated carbocycles. The van der Waals surface area contributed by atoms with Gasteiger partial charge < -0.3 is 4.90 Å². The zero-order valence-electron chi connectivity index (χ0n) is 12.9. The van der Waals surface area contributed by atoms with Crippen LogP contribution in [0.15, 0.2) is 40.1 Å². The molecule has 1 aliphatic rings. The van der Waals surface area contributed by atoms with Gasteiger partial charge in [-0.05, 0) is 24.6 Å². The zero-order chi connectivity index (χ0) is 16.5. The third-order valence-electron chi connectivity index (χ3n) is 3.52. The average molecular weight is 344 g/mol. The summed E-state index contributed by atoms with van der Waals surface area (Å²) in [6.45, 7) is 1.30. The van der Waals surface area contributed by atoms with E-state index >= 15 is 0 Å². The molecule has 1 aromatic carbocycles. The van der Waals surface area contributed by atoms with Crippen molar-refractivity contribution in [3.05, 3.63) is 30.4 Å². The maximum absolute atomic E-state index is 12.6. The Morgan fingerprint density at radius 1 is 1.09 bits per heavy atom. The molecule has 0 saturated heterocycles. The van der Waals surface area contributed by atoms with Gasteiger partial charge in [0.05, 0.1) is 10.6 Å². The van der Waals surface area contributed by atoms with Crippen LogP contribution in [0, 0.1) is 0 Å². The summed E-state index contributed by atoms with van der Waals surface area (Å²) in [7, 11) is -4.35. The van der Waals surface area contributed by atoms with E-state index in [1.165, 1.54) is 26.2 Å². The molecule has 8 heteroatoms. The maximum atomic E-state index is 12.6. The topological polar surface area (TPSA) is 74.8 Å². The molecule has 0 unspecified atom stereocenters. The van der Waals surface area contributed by atoms with Crippen molar-refractivity contribution < 1.29 is 16.8 Å². The second-order valence-electron chi connectivity index (χ2n) is 5.40. The SMILES string of the molecule is CN(C)S(=O)(=O)c1cc(S(C)(=O)=O)ccc1N1CC=CCC1. The molecule has 0 aliphatic carbocycles. The fourth-order valence-corrected chi connectivity index (χ4v) is 4.10. The molecule has 1 heterocycles. The van der Waals surface area contributed by atoms with E-state index in [1.807, 2.05) is 17.1 Å². The first-order valence-corrected chi connectivity index (χ1v) is 10.1. The van der Waals surface area contributed by atoms with E-state index in [9.17, 15) is 16.8 Å². The summed E-state index contributed by atoms with van der Waals surface area (Å²) in [4.78, 5) is 1.96. The molecule has 0 aromatic heterocycles. The summed E-state index contributed by atoms with van der Waals surface area (Å²) in [6.07, 6.45) is 5.91. The second-order valence-corrected chi connectivity index (χ2v) is 9.53. The van der Waals surface area contributed by atoms with Crippen LogP contribution in [-0.2, 0) is 19.9 Å². The van der Waals surface area contributed by atoms with E-state index in [-0.39, 0.29) is 9.79 Å². The minimum Gasteiger partial charge on any atom is -0.366 e. The number of anilines is 1. The van der Waals surface area contributed by atoms with Crippen molar-refractivity contribution in [3.8, 4) is 0 Å². The summed E-state index contributed by atoms with van der Waals surface area (Å²) < 4.78 is 49.7. The van der Waals surface area contributed by atoms with Crippen LogP contribution >= 0.6 is 0 Å². The first-order valence-electron chi connectivity index (χ1n) is 6.80. The van der Waals surface area contributed by atoms with Crippen LogP contribution in [-0.4, -0.2) is 54.6 Å². The number of sulfone groups is 1. The number of sulfonamides is 1. The molecule has 122 valence electrons. The lowest BCUT2D eigenvalue weighted by molar-refractivity contribution is 0.520. The highest BCUT2D eigenvalue weighted by Gasteiger charge is 2.26. The standard InChI is InChI=1S/C14H20N2O4S2/c1-15(2)22(19,20)14-11-12(21(3,17)18)7-8-13(14)16-9-5-4-6-10-16/h4-5,7-8,11H,6,9-10H2,1-3H3. The molecule has 0 amide bonds. The van der Waals surface area contributed by atoms with Crippen molar-refractivity contribution >= 4 is 25.5 Å². The van der Waals surface area contributed by atoms with Gasteiger partial charge in [0.25, 0.3) is 0 Å². The monoisotopic (exact) mass is 344 g/mol. The predicted molar refractivity (Wildman–Crippen MR) is 86.4 cm³/mol. The van der Waals surface area contributed by atoms with Crippen molar-refractivity contribution in [2.45, 2.75) is 16.2 Å². The molecule has 1 aliphatic heterocycles. The summed E-state index contributed by atoms with van der Waals surface area (Å²) in [5.41, 5.74) is 0.533. The van der Waals surface area contributed by atoms with Crippen LogP contribution in [0.2, 0.25) is 0 Å². The summed E-state index contributed by atoms with van der Waals surface area (Å²) in [5, 5.41) is 0. The Kier molecular flexibility index (Phi) is 4.65. The Labute approximate surface area is 132 Å². The number of nitrogens with zero attached hydrogens (tertiary/aromatic N) is 2. The largest absolute Gasteiger partial charge is 0.366 e.